The Balaban J connectivity index is 1.50. The Morgan fingerprint density at radius 3 is 2.21 bits per heavy atom. The highest BCUT2D eigenvalue weighted by Gasteiger charge is 2.16. The van der Waals surface area contributed by atoms with Crippen molar-refractivity contribution in [3.63, 3.8) is 0 Å². The van der Waals surface area contributed by atoms with Crippen LogP contribution in [0, 0.1) is 0 Å². The Morgan fingerprint density at radius 1 is 0.828 bits per heavy atom. The second-order valence-corrected chi connectivity index (χ2v) is 8.78. The second-order valence-electron chi connectivity index (χ2n) is 6.07. The minimum atomic E-state index is -3.71. The van der Waals surface area contributed by atoms with E-state index in [1.54, 1.807) is 48.5 Å². The Hall–Kier alpha value is -3.43. The fraction of sp³-hybridized carbons (Fsp3) is 0. The first-order valence-electron chi connectivity index (χ1n) is 8.61. The van der Waals surface area contributed by atoms with Gasteiger partial charge in [0.05, 0.1) is 15.1 Å². The molecule has 0 fully saturated rings. The number of fused-ring (bicyclic) bond motifs is 1. The van der Waals surface area contributed by atoms with Crippen LogP contribution in [-0.4, -0.2) is 19.4 Å². The first-order valence-corrected chi connectivity index (χ1v) is 10.9. The normalized spacial score (nSPS) is 11.2. The molecule has 0 aliphatic rings. The molecule has 3 aromatic carbocycles. The van der Waals surface area contributed by atoms with Crippen LogP contribution in [0.15, 0.2) is 83.8 Å². The molecule has 0 atom stereocenters. The first kappa shape index (κ1) is 18.9. The number of aromatic nitrogens is 1. The molecule has 29 heavy (non-hydrogen) atoms. The van der Waals surface area contributed by atoms with Gasteiger partial charge >= 0.3 is 6.03 Å². The summed E-state index contributed by atoms with van der Waals surface area (Å²) in [4.78, 5) is 16.6. The maximum Gasteiger partial charge on any atom is 0.323 e. The van der Waals surface area contributed by atoms with Crippen LogP contribution in [0.4, 0.5) is 21.3 Å². The summed E-state index contributed by atoms with van der Waals surface area (Å²) in [5.74, 6) is 0. The second kappa shape index (κ2) is 7.90. The van der Waals surface area contributed by atoms with E-state index in [2.05, 4.69) is 20.3 Å². The van der Waals surface area contributed by atoms with Crippen molar-refractivity contribution in [3.8, 4) is 0 Å². The van der Waals surface area contributed by atoms with Crippen molar-refractivity contribution in [1.82, 2.24) is 4.98 Å². The Labute approximate surface area is 171 Å². The van der Waals surface area contributed by atoms with Gasteiger partial charge in [0.2, 0.25) is 0 Å². The number of urea groups is 1. The van der Waals surface area contributed by atoms with Crippen molar-refractivity contribution >= 4 is 54.1 Å². The van der Waals surface area contributed by atoms with E-state index in [4.69, 9.17) is 0 Å². The fourth-order valence-corrected chi connectivity index (χ4v) is 4.80. The predicted octanol–water partition coefficient (Wildman–Crippen LogP) is 4.74. The summed E-state index contributed by atoms with van der Waals surface area (Å²) in [5, 5.41) is 5.75. The highest BCUT2D eigenvalue weighted by atomic mass is 32.2. The molecule has 2 amide bonds. The zero-order valence-corrected chi connectivity index (χ0v) is 16.6. The number of sulfonamides is 1. The Kier molecular flexibility index (Phi) is 5.15. The number of amides is 2. The SMILES string of the molecule is O=C(Nc1ccccc1)Nc1ccc2nc(NS(=O)(=O)c3ccccc3)sc2c1. The molecule has 146 valence electrons. The molecule has 0 unspecified atom stereocenters. The minimum Gasteiger partial charge on any atom is -0.308 e. The topological polar surface area (TPSA) is 100 Å². The molecule has 0 aliphatic heterocycles. The van der Waals surface area contributed by atoms with Crippen LogP contribution < -0.4 is 15.4 Å². The number of anilines is 3. The summed E-state index contributed by atoms with van der Waals surface area (Å²) >= 11 is 1.19. The lowest BCUT2D eigenvalue weighted by atomic mass is 10.3. The Bertz CT molecular complexity index is 1260. The van der Waals surface area contributed by atoms with Gasteiger partial charge in [-0.05, 0) is 42.5 Å². The summed E-state index contributed by atoms with van der Waals surface area (Å²) in [6.45, 7) is 0. The smallest absolute Gasteiger partial charge is 0.308 e. The molecule has 9 heteroatoms. The van der Waals surface area contributed by atoms with Gasteiger partial charge in [0.25, 0.3) is 10.0 Å². The largest absolute Gasteiger partial charge is 0.323 e. The third kappa shape index (κ3) is 4.53. The quantitative estimate of drug-likeness (QED) is 0.431. The zero-order chi connectivity index (χ0) is 20.3. The van der Waals surface area contributed by atoms with Crippen LogP contribution in [0.5, 0.6) is 0 Å². The Morgan fingerprint density at radius 2 is 1.48 bits per heavy atom. The fourth-order valence-electron chi connectivity index (χ4n) is 2.63. The maximum atomic E-state index is 12.5. The molecule has 1 aromatic heterocycles. The first-order chi connectivity index (χ1) is 14.0. The molecular weight excluding hydrogens is 408 g/mol. The lowest BCUT2D eigenvalue weighted by molar-refractivity contribution is 0.262. The average molecular weight is 425 g/mol. The van der Waals surface area contributed by atoms with Gasteiger partial charge < -0.3 is 10.6 Å². The van der Waals surface area contributed by atoms with E-state index in [0.29, 0.717) is 16.9 Å². The van der Waals surface area contributed by atoms with Gasteiger partial charge in [-0.25, -0.2) is 18.2 Å². The van der Waals surface area contributed by atoms with Gasteiger partial charge in [0.1, 0.15) is 0 Å². The standard InChI is InChI=1S/C20H16N4O3S2/c25-19(21-14-7-3-1-4-8-14)22-15-11-12-17-18(13-15)28-20(23-17)24-29(26,27)16-9-5-2-6-10-16/h1-13H,(H,23,24)(H2,21,22,25). The molecule has 4 aromatic rings. The molecular formula is C20H16N4O3S2. The van der Waals surface area contributed by atoms with Crippen molar-refractivity contribution in [2.75, 3.05) is 15.4 Å². The molecule has 1 heterocycles. The van der Waals surface area contributed by atoms with Crippen molar-refractivity contribution in [1.29, 1.82) is 0 Å². The lowest BCUT2D eigenvalue weighted by Gasteiger charge is -2.07. The summed E-state index contributed by atoms with van der Waals surface area (Å²) < 4.78 is 28.1. The zero-order valence-electron chi connectivity index (χ0n) is 15.0. The van der Waals surface area contributed by atoms with Crippen LogP contribution in [0.25, 0.3) is 10.2 Å². The number of carbonyl (C=O) groups excluding carboxylic acids is 1. The molecule has 3 N–H and O–H groups in total. The summed E-state index contributed by atoms with van der Waals surface area (Å²) in [5.41, 5.74) is 1.89. The molecule has 7 nitrogen and oxygen atoms in total. The average Bonchev–Trinajstić information content (AvgIpc) is 3.10. The number of benzene rings is 3. The van der Waals surface area contributed by atoms with Gasteiger partial charge in [-0.2, -0.15) is 0 Å². The van der Waals surface area contributed by atoms with Crippen molar-refractivity contribution in [2.45, 2.75) is 4.90 Å². The predicted molar refractivity (Wildman–Crippen MR) is 116 cm³/mol. The number of nitrogens with one attached hydrogen (secondary N) is 3. The minimum absolute atomic E-state index is 0.166. The van der Waals surface area contributed by atoms with E-state index in [9.17, 15) is 13.2 Å². The van der Waals surface area contributed by atoms with E-state index in [-0.39, 0.29) is 16.1 Å². The van der Waals surface area contributed by atoms with Gasteiger partial charge in [0, 0.05) is 11.4 Å². The van der Waals surface area contributed by atoms with Gasteiger partial charge in [-0.3, -0.25) is 4.72 Å². The highest BCUT2D eigenvalue weighted by Crippen LogP contribution is 2.30. The molecule has 0 aliphatic carbocycles. The van der Waals surface area contributed by atoms with Crippen molar-refractivity contribution in [3.05, 3.63) is 78.9 Å². The number of hydrogen-bond donors (Lipinski definition) is 3. The van der Waals surface area contributed by atoms with Crippen molar-refractivity contribution < 1.29 is 13.2 Å². The van der Waals surface area contributed by atoms with Crippen LogP contribution in [0.3, 0.4) is 0 Å². The van der Waals surface area contributed by atoms with E-state index in [1.807, 2.05) is 18.2 Å². The summed E-state index contributed by atoms with van der Waals surface area (Å²) in [6, 6.07) is 22.0. The number of carbonyl (C=O) groups is 1. The third-order valence-corrected chi connectivity index (χ3v) is 6.37. The van der Waals surface area contributed by atoms with Crippen LogP contribution in [0.1, 0.15) is 0 Å². The maximum absolute atomic E-state index is 12.5. The number of hydrogen-bond acceptors (Lipinski definition) is 5. The summed E-state index contributed by atoms with van der Waals surface area (Å²) in [7, 11) is -3.71. The lowest BCUT2D eigenvalue weighted by Crippen LogP contribution is -2.19. The van der Waals surface area contributed by atoms with E-state index in [0.717, 1.165) is 4.70 Å². The van der Waals surface area contributed by atoms with Gasteiger partial charge in [-0.15, -0.1) is 0 Å². The molecule has 4 rings (SSSR count). The summed E-state index contributed by atoms with van der Waals surface area (Å²) in [6.07, 6.45) is 0. The molecule has 0 spiro atoms. The van der Waals surface area contributed by atoms with E-state index < -0.39 is 10.0 Å². The van der Waals surface area contributed by atoms with Gasteiger partial charge in [0.15, 0.2) is 5.13 Å². The van der Waals surface area contributed by atoms with Crippen LogP contribution in [-0.2, 0) is 10.0 Å². The van der Waals surface area contributed by atoms with Crippen molar-refractivity contribution in [2.24, 2.45) is 0 Å². The van der Waals surface area contributed by atoms with Crippen LogP contribution in [0.2, 0.25) is 0 Å². The highest BCUT2D eigenvalue weighted by molar-refractivity contribution is 7.93. The van der Waals surface area contributed by atoms with Gasteiger partial charge in [-0.1, -0.05) is 47.7 Å². The van der Waals surface area contributed by atoms with E-state index in [1.165, 1.54) is 23.5 Å². The number of rotatable bonds is 5. The number of nitrogens with zero attached hydrogens (tertiary/aromatic N) is 1. The monoisotopic (exact) mass is 424 g/mol. The number of para-hydroxylation sites is 1. The molecule has 0 saturated carbocycles. The molecule has 0 bridgehead atoms. The third-order valence-electron chi connectivity index (χ3n) is 3.95. The van der Waals surface area contributed by atoms with Crippen LogP contribution >= 0.6 is 11.3 Å². The molecule has 0 radical (unpaired) electrons. The number of thiazole rings is 1. The van der Waals surface area contributed by atoms with E-state index >= 15 is 0 Å². The molecule has 0 saturated heterocycles.